The molecule has 0 spiro atoms. The van der Waals surface area contributed by atoms with Gasteiger partial charge in [-0.05, 0) is 62.2 Å². The highest BCUT2D eigenvalue weighted by molar-refractivity contribution is 6.30. The quantitative estimate of drug-likeness (QED) is 0.463. The summed E-state index contributed by atoms with van der Waals surface area (Å²) in [6.07, 6.45) is 1.10. The first-order chi connectivity index (χ1) is 15.6. The first-order valence-corrected chi connectivity index (χ1v) is 11.2. The number of halogens is 1. The number of carbonyl (C=O) groups excluding carboxylic acids is 1. The van der Waals surface area contributed by atoms with Crippen LogP contribution in [0.5, 0.6) is 11.5 Å². The normalized spacial score (nSPS) is 15.9. The molecule has 1 aliphatic rings. The number of hydrogen-bond donors (Lipinski definition) is 0. The third-order valence-corrected chi connectivity index (χ3v) is 5.64. The zero-order valence-corrected chi connectivity index (χ0v) is 19.0. The van der Waals surface area contributed by atoms with Crippen LogP contribution in [0.1, 0.15) is 37.6 Å². The number of ether oxygens (including phenoxy) is 2. The molecule has 2 aromatic carbocycles. The molecular formula is C24H26ClN3O4. The number of nitrogens with zero attached hydrogens (tertiary/aromatic N) is 3. The first-order valence-electron chi connectivity index (χ1n) is 10.8. The Labute approximate surface area is 192 Å². The van der Waals surface area contributed by atoms with E-state index in [0.29, 0.717) is 49.5 Å². The lowest BCUT2D eigenvalue weighted by atomic mass is 10.1. The second-order valence-electron chi connectivity index (χ2n) is 7.60. The molecule has 0 bridgehead atoms. The standard InChI is InChI=1S/C24H26ClN3O4/c1-3-30-20-10-5-16(13-21(20)31-4-2)11-12-28-15-18(14-22(28)29)24-26-23(27-32-24)17-6-8-19(25)9-7-17/h5-10,13,18H,3-4,11-12,14-15H2,1-2H3. The smallest absolute Gasteiger partial charge is 0.232 e. The fourth-order valence-corrected chi connectivity index (χ4v) is 3.91. The van der Waals surface area contributed by atoms with Gasteiger partial charge in [-0.3, -0.25) is 4.79 Å². The Balaban J connectivity index is 1.38. The Bertz CT molecular complexity index is 1070. The molecular weight excluding hydrogens is 430 g/mol. The van der Waals surface area contributed by atoms with Crippen LogP contribution in [0.15, 0.2) is 47.0 Å². The van der Waals surface area contributed by atoms with E-state index in [-0.39, 0.29) is 11.8 Å². The summed E-state index contributed by atoms with van der Waals surface area (Å²) in [7, 11) is 0. The monoisotopic (exact) mass is 455 g/mol. The van der Waals surface area contributed by atoms with Gasteiger partial charge < -0.3 is 18.9 Å². The van der Waals surface area contributed by atoms with E-state index in [1.807, 2.05) is 49.1 Å². The van der Waals surface area contributed by atoms with Gasteiger partial charge in [-0.1, -0.05) is 22.8 Å². The lowest BCUT2D eigenvalue weighted by Gasteiger charge is -2.17. The summed E-state index contributed by atoms with van der Waals surface area (Å²) in [5, 5.41) is 4.72. The molecule has 1 saturated heterocycles. The van der Waals surface area contributed by atoms with E-state index < -0.39 is 0 Å². The molecule has 3 aromatic rings. The molecule has 1 unspecified atom stereocenters. The molecule has 0 saturated carbocycles. The van der Waals surface area contributed by atoms with Crippen LogP contribution < -0.4 is 9.47 Å². The number of rotatable bonds is 9. The first kappa shape index (κ1) is 22.1. The lowest BCUT2D eigenvalue weighted by molar-refractivity contribution is -0.127. The summed E-state index contributed by atoms with van der Waals surface area (Å²) in [4.78, 5) is 18.9. The summed E-state index contributed by atoms with van der Waals surface area (Å²) in [5.74, 6) is 2.46. The van der Waals surface area contributed by atoms with Crippen molar-refractivity contribution in [2.45, 2.75) is 32.6 Å². The number of hydrogen-bond acceptors (Lipinski definition) is 6. The van der Waals surface area contributed by atoms with Crippen LogP contribution >= 0.6 is 11.6 Å². The Kier molecular flexibility index (Phi) is 6.95. The van der Waals surface area contributed by atoms with Gasteiger partial charge in [0.25, 0.3) is 0 Å². The SMILES string of the molecule is CCOc1ccc(CCN2CC(c3nc(-c4ccc(Cl)cc4)no3)CC2=O)cc1OCC. The fourth-order valence-electron chi connectivity index (χ4n) is 3.79. The van der Waals surface area contributed by atoms with Crippen molar-refractivity contribution in [3.8, 4) is 22.9 Å². The summed E-state index contributed by atoms with van der Waals surface area (Å²) < 4.78 is 16.8. The fraction of sp³-hybridized carbons (Fsp3) is 0.375. The van der Waals surface area contributed by atoms with Crippen molar-refractivity contribution in [3.63, 3.8) is 0 Å². The summed E-state index contributed by atoms with van der Waals surface area (Å²) >= 11 is 5.94. The van der Waals surface area contributed by atoms with Crippen LogP contribution in [0, 0.1) is 0 Å². The molecule has 32 heavy (non-hydrogen) atoms. The molecule has 2 heterocycles. The zero-order chi connectivity index (χ0) is 22.5. The van der Waals surface area contributed by atoms with E-state index in [1.54, 1.807) is 12.1 Å². The molecule has 1 atom stereocenters. The molecule has 0 radical (unpaired) electrons. The van der Waals surface area contributed by atoms with Gasteiger partial charge in [0.15, 0.2) is 11.5 Å². The topological polar surface area (TPSA) is 77.7 Å². The molecule has 0 N–H and O–H groups in total. The highest BCUT2D eigenvalue weighted by Gasteiger charge is 2.34. The number of benzene rings is 2. The van der Waals surface area contributed by atoms with Crippen molar-refractivity contribution < 1.29 is 18.8 Å². The maximum absolute atomic E-state index is 12.6. The maximum Gasteiger partial charge on any atom is 0.232 e. The van der Waals surface area contributed by atoms with Gasteiger partial charge in [-0.25, -0.2) is 0 Å². The number of aromatic nitrogens is 2. The van der Waals surface area contributed by atoms with Crippen molar-refractivity contribution in [1.82, 2.24) is 15.0 Å². The molecule has 7 nitrogen and oxygen atoms in total. The van der Waals surface area contributed by atoms with Crippen molar-refractivity contribution in [1.29, 1.82) is 0 Å². The average molecular weight is 456 g/mol. The summed E-state index contributed by atoms with van der Waals surface area (Å²) in [5.41, 5.74) is 1.92. The van der Waals surface area contributed by atoms with E-state index in [1.165, 1.54) is 0 Å². The molecule has 1 amide bonds. The van der Waals surface area contributed by atoms with Gasteiger partial charge in [0.05, 0.1) is 19.1 Å². The van der Waals surface area contributed by atoms with Crippen molar-refractivity contribution in [2.24, 2.45) is 0 Å². The van der Waals surface area contributed by atoms with E-state index in [2.05, 4.69) is 10.1 Å². The Hall–Kier alpha value is -3.06. The minimum absolute atomic E-state index is 0.0946. The third kappa shape index (κ3) is 5.05. The van der Waals surface area contributed by atoms with E-state index in [4.69, 9.17) is 25.6 Å². The molecule has 4 rings (SSSR count). The van der Waals surface area contributed by atoms with E-state index >= 15 is 0 Å². The molecule has 1 aliphatic heterocycles. The molecule has 8 heteroatoms. The van der Waals surface area contributed by atoms with E-state index in [0.717, 1.165) is 29.0 Å². The van der Waals surface area contributed by atoms with Crippen LogP contribution in [0.3, 0.4) is 0 Å². The largest absolute Gasteiger partial charge is 0.490 e. The second kappa shape index (κ2) is 10.0. The molecule has 168 valence electrons. The molecule has 1 aromatic heterocycles. The minimum Gasteiger partial charge on any atom is -0.490 e. The highest BCUT2D eigenvalue weighted by Crippen LogP contribution is 2.31. The van der Waals surface area contributed by atoms with Gasteiger partial charge in [0, 0.05) is 30.1 Å². The average Bonchev–Trinajstić information content (AvgIpc) is 3.42. The minimum atomic E-state index is -0.102. The summed E-state index contributed by atoms with van der Waals surface area (Å²) in [6, 6.07) is 13.2. The maximum atomic E-state index is 12.6. The van der Waals surface area contributed by atoms with Crippen molar-refractivity contribution >= 4 is 17.5 Å². The van der Waals surface area contributed by atoms with E-state index in [9.17, 15) is 4.79 Å². The van der Waals surface area contributed by atoms with Crippen LogP contribution in [-0.4, -0.2) is 47.3 Å². The van der Waals surface area contributed by atoms with Crippen molar-refractivity contribution in [3.05, 3.63) is 58.9 Å². The lowest BCUT2D eigenvalue weighted by Crippen LogP contribution is -2.27. The molecule has 1 fully saturated rings. The van der Waals surface area contributed by atoms with Crippen LogP contribution in [0.25, 0.3) is 11.4 Å². The number of carbonyl (C=O) groups is 1. The van der Waals surface area contributed by atoms with Crippen LogP contribution in [0.4, 0.5) is 0 Å². The second-order valence-corrected chi connectivity index (χ2v) is 8.04. The van der Waals surface area contributed by atoms with Gasteiger partial charge in [0.1, 0.15) is 0 Å². The van der Waals surface area contributed by atoms with Gasteiger partial charge in [-0.15, -0.1) is 0 Å². The predicted molar refractivity (Wildman–Crippen MR) is 121 cm³/mol. The Morgan fingerprint density at radius 2 is 1.84 bits per heavy atom. The zero-order valence-electron chi connectivity index (χ0n) is 18.2. The summed E-state index contributed by atoms with van der Waals surface area (Å²) in [6.45, 7) is 6.22. The predicted octanol–water partition coefficient (Wildman–Crippen LogP) is 4.75. The van der Waals surface area contributed by atoms with Crippen LogP contribution in [0.2, 0.25) is 5.02 Å². The Morgan fingerprint density at radius 1 is 1.09 bits per heavy atom. The molecule has 0 aliphatic carbocycles. The van der Waals surface area contributed by atoms with Gasteiger partial charge in [-0.2, -0.15) is 4.98 Å². The third-order valence-electron chi connectivity index (χ3n) is 5.39. The van der Waals surface area contributed by atoms with Crippen LogP contribution in [-0.2, 0) is 11.2 Å². The van der Waals surface area contributed by atoms with Crippen molar-refractivity contribution in [2.75, 3.05) is 26.3 Å². The van der Waals surface area contributed by atoms with Gasteiger partial charge >= 0.3 is 0 Å². The van der Waals surface area contributed by atoms with Gasteiger partial charge in [0.2, 0.25) is 17.6 Å². The Morgan fingerprint density at radius 3 is 2.59 bits per heavy atom. The number of likely N-dealkylation sites (tertiary alicyclic amines) is 1. The number of amides is 1. The highest BCUT2D eigenvalue weighted by atomic mass is 35.5.